The minimum Gasteiger partial charge on any atom is -0.287 e. The smallest absolute Gasteiger partial charge is 0.238 e. The molecule has 0 amide bonds. The Morgan fingerprint density at radius 3 is 2.25 bits per heavy atom. The Labute approximate surface area is 173 Å². The molecule has 0 aliphatic heterocycles. The van der Waals surface area contributed by atoms with Gasteiger partial charge >= 0.3 is 0 Å². The molecule has 7 heteroatoms. The van der Waals surface area contributed by atoms with Crippen LogP contribution in [0, 0.1) is 0 Å². The predicted molar refractivity (Wildman–Crippen MR) is 114 cm³/mol. The van der Waals surface area contributed by atoms with Crippen molar-refractivity contribution in [2.45, 2.75) is 22.6 Å². The van der Waals surface area contributed by atoms with Gasteiger partial charge in [0, 0.05) is 16.3 Å². The summed E-state index contributed by atoms with van der Waals surface area (Å²) in [7, 11) is -3.71. The fourth-order valence-corrected chi connectivity index (χ4v) is 4.10. The van der Waals surface area contributed by atoms with Gasteiger partial charge in [0.2, 0.25) is 10.0 Å². The number of carbonyl (C=O) groups excluding carboxylic acids is 1. The number of hydrogen-bond donors (Lipinski definition) is 1. The molecule has 0 radical (unpaired) electrons. The molecule has 2 N–H and O–H groups in total. The fourth-order valence-electron chi connectivity index (χ4n) is 2.66. The Morgan fingerprint density at radius 1 is 0.929 bits per heavy atom. The summed E-state index contributed by atoms with van der Waals surface area (Å²) in [6.07, 6.45) is 1.09. The van der Waals surface area contributed by atoms with E-state index >= 15 is 0 Å². The minimum absolute atomic E-state index is 0.0687. The normalized spacial score (nSPS) is 11.4. The lowest BCUT2D eigenvalue weighted by atomic mass is 10.1. The van der Waals surface area contributed by atoms with Gasteiger partial charge in [-0.15, -0.1) is 0 Å². The summed E-state index contributed by atoms with van der Waals surface area (Å²) in [6.45, 7) is 0. The third kappa shape index (κ3) is 5.69. The second-order valence-corrected chi connectivity index (χ2v) is 9.33. The van der Waals surface area contributed by atoms with E-state index in [1.54, 1.807) is 12.1 Å². The number of aryl methyl sites for hydroxylation is 1. The molecule has 0 atom stereocenters. The van der Waals surface area contributed by atoms with Crippen molar-refractivity contribution in [1.82, 2.24) is 0 Å². The SMILES string of the molecule is NS(=O)(=O)c1ccc(-c2cccc(SC(=O)CCc3ccc(Cl)cc3)c2)cc1. The van der Waals surface area contributed by atoms with E-state index in [0.29, 0.717) is 17.9 Å². The third-order valence-corrected chi connectivity index (χ3v) is 6.22. The first-order chi connectivity index (χ1) is 13.3. The molecule has 0 bridgehead atoms. The Balaban J connectivity index is 1.65. The van der Waals surface area contributed by atoms with Gasteiger partial charge < -0.3 is 0 Å². The van der Waals surface area contributed by atoms with Gasteiger partial charge in [0.1, 0.15) is 0 Å². The standard InChI is InChI=1S/C21H18ClNO3S2/c22-18-9-4-15(5-10-18)6-13-21(24)27-19-3-1-2-17(14-19)16-7-11-20(12-8-16)28(23,25)26/h1-5,7-12,14H,6,13H2,(H2,23,25,26). The van der Waals surface area contributed by atoms with Crippen LogP contribution in [0.25, 0.3) is 11.1 Å². The average Bonchev–Trinajstić information content (AvgIpc) is 2.67. The molecule has 3 aromatic carbocycles. The van der Waals surface area contributed by atoms with Crippen LogP contribution in [0.4, 0.5) is 0 Å². The monoisotopic (exact) mass is 431 g/mol. The van der Waals surface area contributed by atoms with Crippen LogP contribution in [0.15, 0.2) is 82.6 Å². The van der Waals surface area contributed by atoms with Crippen molar-refractivity contribution >= 4 is 38.5 Å². The van der Waals surface area contributed by atoms with Gasteiger partial charge in [0.15, 0.2) is 5.12 Å². The van der Waals surface area contributed by atoms with Gasteiger partial charge in [-0.1, -0.05) is 59.8 Å². The maximum absolute atomic E-state index is 12.3. The van der Waals surface area contributed by atoms with Crippen molar-refractivity contribution in [2.75, 3.05) is 0 Å². The Morgan fingerprint density at radius 2 is 1.61 bits per heavy atom. The quantitative estimate of drug-likeness (QED) is 0.562. The maximum atomic E-state index is 12.3. The second-order valence-electron chi connectivity index (χ2n) is 6.20. The molecule has 28 heavy (non-hydrogen) atoms. The summed E-state index contributed by atoms with van der Waals surface area (Å²) in [4.78, 5) is 13.2. The topological polar surface area (TPSA) is 77.2 Å². The largest absolute Gasteiger partial charge is 0.287 e. The van der Waals surface area contributed by atoms with Crippen molar-refractivity contribution in [3.8, 4) is 11.1 Å². The molecule has 3 rings (SSSR count). The van der Waals surface area contributed by atoms with Gasteiger partial charge in [-0.25, -0.2) is 13.6 Å². The van der Waals surface area contributed by atoms with Gasteiger partial charge in [-0.2, -0.15) is 0 Å². The molecule has 0 fully saturated rings. The summed E-state index contributed by atoms with van der Waals surface area (Å²) >= 11 is 7.07. The van der Waals surface area contributed by atoms with Crippen LogP contribution in [0.2, 0.25) is 5.02 Å². The molecular formula is C21H18ClNO3S2. The molecule has 0 aliphatic carbocycles. The lowest BCUT2D eigenvalue weighted by Gasteiger charge is -2.06. The molecule has 0 unspecified atom stereocenters. The fraction of sp³-hybridized carbons (Fsp3) is 0.0952. The molecule has 0 saturated heterocycles. The summed E-state index contributed by atoms with van der Waals surface area (Å²) in [5, 5.41) is 5.89. The highest BCUT2D eigenvalue weighted by Gasteiger charge is 2.09. The summed E-state index contributed by atoms with van der Waals surface area (Å²) in [5.74, 6) is 0. The Kier molecular flexibility index (Phi) is 6.57. The number of carbonyl (C=O) groups is 1. The number of primary sulfonamides is 1. The van der Waals surface area contributed by atoms with E-state index in [4.69, 9.17) is 16.7 Å². The molecule has 0 saturated carbocycles. The zero-order chi connectivity index (χ0) is 20.1. The highest BCUT2D eigenvalue weighted by molar-refractivity contribution is 8.13. The Bertz CT molecular complexity index is 1080. The number of hydrogen-bond acceptors (Lipinski definition) is 4. The van der Waals surface area contributed by atoms with E-state index in [9.17, 15) is 13.2 Å². The average molecular weight is 432 g/mol. The minimum atomic E-state index is -3.71. The Hall–Kier alpha value is -2.12. The first kappa shape index (κ1) is 20.6. The van der Waals surface area contributed by atoms with E-state index in [2.05, 4.69) is 0 Å². The number of halogens is 1. The van der Waals surface area contributed by atoms with E-state index in [1.807, 2.05) is 48.5 Å². The van der Waals surface area contributed by atoms with Crippen LogP contribution < -0.4 is 5.14 Å². The van der Waals surface area contributed by atoms with Crippen LogP contribution in [0.3, 0.4) is 0 Å². The van der Waals surface area contributed by atoms with Crippen LogP contribution in [-0.2, 0) is 21.2 Å². The number of thioether (sulfide) groups is 1. The molecule has 4 nitrogen and oxygen atoms in total. The lowest BCUT2D eigenvalue weighted by Crippen LogP contribution is -2.11. The number of nitrogens with two attached hydrogens (primary N) is 1. The first-order valence-corrected chi connectivity index (χ1v) is 11.2. The van der Waals surface area contributed by atoms with Crippen molar-refractivity contribution < 1.29 is 13.2 Å². The van der Waals surface area contributed by atoms with Crippen molar-refractivity contribution in [2.24, 2.45) is 5.14 Å². The number of benzene rings is 3. The predicted octanol–water partition coefficient (Wildman–Crippen LogP) is 4.91. The van der Waals surface area contributed by atoms with Crippen molar-refractivity contribution in [3.05, 3.63) is 83.4 Å². The highest BCUT2D eigenvalue weighted by atomic mass is 35.5. The van der Waals surface area contributed by atoms with Crippen LogP contribution in [-0.4, -0.2) is 13.5 Å². The maximum Gasteiger partial charge on any atom is 0.238 e. The van der Waals surface area contributed by atoms with Crippen LogP contribution in [0.1, 0.15) is 12.0 Å². The molecule has 3 aromatic rings. The van der Waals surface area contributed by atoms with Crippen LogP contribution >= 0.6 is 23.4 Å². The molecule has 0 spiro atoms. The lowest BCUT2D eigenvalue weighted by molar-refractivity contribution is -0.110. The van der Waals surface area contributed by atoms with E-state index in [1.165, 1.54) is 23.9 Å². The molecule has 0 heterocycles. The van der Waals surface area contributed by atoms with Crippen molar-refractivity contribution in [1.29, 1.82) is 0 Å². The third-order valence-electron chi connectivity index (χ3n) is 4.11. The number of sulfonamides is 1. The second kappa shape index (κ2) is 8.92. The molecule has 0 aromatic heterocycles. The molecule has 0 aliphatic rings. The highest BCUT2D eigenvalue weighted by Crippen LogP contribution is 2.28. The van der Waals surface area contributed by atoms with E-state index < -0.39 is 10.0 Å². The first-order valence-electron chi connectivity index (χ1n) is 8.50. The van der Waals surface area contributed by atoms with Gasteiger partial charge in [0.05, 0.1) is 4.90 Å². The van der Waals surface area contributed by atoms with E-state index in [0.717, 1.165) is 21.6 Å². The van der Waals surface area contributed by atoms with Gasteiger partial charge in [-0.3, -0.25) is 4.79 Å². The van der Waals surface area contributed by atoms with Crippen molar-refractivity contribution in [3.63, 3.8) is 0 Å². The summed E-state index contributed by atoms with van der Waals surface area (Å²) < 4.78 is 22.7. The summed E-state index contributed by atoms with van der Waals surface area (Å²) in [5.41, 5.74) is 2.82. The van der Waals surface area contributed by atoms with E-state index in [-0.39, 0.29) is 10.0 Å². The number of rotatable bonds is 6. The van der Waals surface area contributed by atoms with Gasteiger partial charge in [-0.05, 0) is 59.5 Å². The summed E-state index contributed by atoms with van der Waals surface area (Å²) in [6, 6.07) is 21.4. The van der Waals surface area contributed by atoms with Gasteiger partial charge in [0.25, 0.3) is 0 Å². The zero-order valence-corrected chi connectivity index (χ0v) is 17.2. The zero-order valence-electron chi connectivity index (χ0n) is 14.8. The van der Waals surface area contributed by atoms with Crippen LogP contribution in [0.5, 0.6) is 0 Å². The molecule has 144 valence electrons. The molecular weight excluding hydrogens is 414 g/mol.